The average molecular weight is 301 g/mol. The van der Waals surface area contributed by atoms with Crippen molar-refractivity contribution in [2.75, 3.05) is 5.32 Å². The summed E-state index contributed by atoms with van der Waals surface area (Å²) in [4.78, 5) is 22.9. The van der Waals surface area contributed by atoms with E-state index in [9.17, 15) is 9.59 Å². The zero-order valence-corrected chi connectivity index (χ0v) is 11.7. The Kier molecular flexibility index (Phi) is 4.66. The lowest BCUT2D eigenvalue weighted by Gasteiger charge is -2.22. The van der Waals surface area contributed by atoms with E-state index in [1.165, 1.54) is 0 Å². The molecule has 4 nitrogen and oxygen atoms in total. The van der Waals surface area contributed by atoms with Gasteiger partial charge in [0.05, 0.1) is 10.7 Å². The first-order valence-electron chi connectivity index (χ1n) is 6.09. The van der Waals surface area contributed by atoms with Gasteiger partial charge in [-0.15, -0.1) is 0 Å². The van der Waals surface area contributed by atoms with E-state index in [4.69, 9.17) is 23.2 Å². The van der Waals surface area contributed by atoms with Crippen LogP contribution in [-0.4, -0.2) is 17.9 Å². The molecule has 2 amide bonds. The maximum absolute atomic E-state index is 11.8. The van der Waals surface area contributed by atoms with Gasteiger partial charge in [-0.05, 0) is 31.0 Å². The van der Waals surface area contributed by atoms with E-state index >= 15 is 0 Å². The van der Waals surface area contributed by atoms with Crippen molar-refractivity contribution in [3.8, 4) is 0 Å². The van der Waals surface area contributed by atoms with Crippen molar-refractivity contribution in [2.45, 2.75) is 31.7 Å². The van der Waals surface area contributed by atoms with Crippen LogP contribution in [0.15, 0.2) is 18.2 Å². The number of nitrogens with one attached hydrogen (secondary N) is 2. The monoisotopic (exact) mass is 300 g/mol. The highest BCUT2D eigenvalue weighted by atomic mass is 35.5. The Bertz CT molecular complexity index is 495. The number of benzene rings is 1. The Morgan fingerprint density at radius 3 is 2.58 bits per heavy atom. The molecule has 1 fully saturated rings. The van der Waals surface area contributed by atoms with Crippen molar-refractivity contribution < 1.29 is 9.59 Å². The summed E-state index contributed by atoms with van der Waals surface area (Å²) in [6.45, 7) is 0. The molecular weight excluding hydrogens is 287 g/mol. The minimum Gasteiger partial charge on any atom is -0.335 e. The van der Waals surface area contributed by atoms with Crippen molar-refractivity contribution in [2.24, 2.45) is 0 Å². The highest BCUT2D eigenvalue weighted by molar-refractivity contribution is 6.35. The molecule has 0 unspecified atom stereocenters. The van der Waals surface area contributed by atoms with Gasteiger partial charge in [0.1, 0.15) is 5.78 Å². The molecule has 0 aromatic heterocycles. The smallest absolute Gasteiger partial charge is 0.319 e. The Morgan fingerprint density at radius 1 is 1.21 bits per heavy atom. The number of hydrogen-bond donors (Lipinski definition) is 2. The zero-order valence-electron chi connectivity index (χ0n) is 10.2. The summed E-state index contributed by atoms with van der Waals surface area (Å²) in [5.74, 6) is 0.261. The number of carbonyl (C=O) groups is 2. The second-order valence-electron chi connectivity index (χ2n) is 4.54. The first kappa shape index (κ1) is 14.2. The number of hydrogen-bond acceptors (Lipinski definition) is 2. The van der Waals surface area contributed by atoms with Gasteiger partial charge in [0, 0.05) is 23.9 Å². The summed E-state index contributed by atoms with van der Waals surface area (Å²) in [5.41, 5.74) is 0.471. The van der Waals surface area contributed by atoms with Crippen molar-refractivity contribution in [3.05, 3.63) is 28.2 Å². The minimum absolute atomic E-state index is 0.0376. The van der Waals surface area contributed by atoms with Crippen LogP contribution in [0.1, 0.15) is 25.7 Å². The van der Waals surface area contributed by atoms with E-state index in [0.29, 0.717) is 41.4 Å². The molecular formula is C13H14Cl2N2O2. The highest BCUT2D eigenvalue weighted by Gasteiger charge is 2.20. The molecule has 0 heterocycles. The van der Waals surface area contributed by atoms with Gasteiger partial charge in [0.15, 0.2) is 0 Å². The van der Waals surface area contributed by atoms with Gasteiger partial charge in [-0.2, -0.15) is 0 Å². The molecule has 2 N–H and O–H groups in total. The Hall–Kier alpha value is -1.26. The fourth-order valence-electron chi connectivity index (χ4n) is 2.02. The summed E-state index contributed by atoms with van der Waals surface area (Å²) in [6.07, 6.45) is 2.44. The van der Waals surface area contributed by atoms with Gasteiger partial charge in [-0.25, -0.2) is 4.79 Å². The molecule has 19 heavy (non-hydrogen) atoms. The first-order chi connectivity index (χ1) is 9.04. The van der Waals surface area contributed by atoms with Crippen molar-refractivity contribution in [1.82, 2.24) is 5.32 Å². The predicted octanol–water partition coefficient (Wildman–Crippen LogP) is 3.63. The number of carbonyl (C=O) groups excluding carboxylic acids is 2. The molecule has 0 bridgehead atoms. The fourth-order valence-corrected chi connectivity index (χ4v) is 2.36. The second kappa shape index (κ2) is 6.26. The molecule has 1 saturated carbocycles. The third-order valence-corrected chi connectivity index (χ3v) is 3.62. The number of ketones is 1. The van der Waals surface area contributed by atoms with Crippen LogP contribution in [0.3, 0.4) is 0 Å². The Balaban J connectivity index is 1.90. The van der Waals surface area contributed by atoms with Gasteiger partial charge in [-0.3, -0.25) is 4.79 Å². The summed E-state index contributed by atoms with van der Waals surface area (Å²) in [5, 5.41) is 6.42. The van der Waals surface area contributed by atoms with Crippen LogP contribution >= 0.6 is 23.2 Å². The lowest BCUT2D eigenvalue weighted by molar-refractivity contribution is -0.120. The Morgan fingerprint density at radius 2 is 1.89 bits per heavy atom. The molecule has 0 saturated heterocycles. The van der Waals surface area contributed by atoms with Crippen molar-refractivity contribution in [1.29, 1.82) is 0 Å². The van der Waals surface area contributed by atoms with Crippen LogP contribution in [0.25, 0.3) is 0 Å². The van der Waals surface area contributed by atoms with Crippen LogP contribution in [0.5, 0.6) is 0 Å². The maximum atomic E-state index is 11.8. The second-order valence-corrected chi connectivity index (χ2v) is 5.38. The van der Waals surface area contributed by atoms with Crippen LogP contribution < -0.4 is 10.6 Å². The van der Waals surface area contributed by atoms with Gasteiger partial charge in [-0.1, -0.05) is 23.2 Å². The van der Waals surface area contributed by atoms with Crippen LogP contribution in [0.4, 0.5) is 10.5 Å². The van der Waals surface area contributed by atoms with E-state index in [0.717, 1.165) is 0 Å². The number of amides is 2. The highest BCUT2D eigenvalue weighted by Crippen LogP contribution is 2.25. The molecule has 1 aromatic carbocycles. The van der Waals surface area contributed by atoms with Gasteiger partial charge in [0.2, 0.25) is 0 Å². The summed E-state index contributed by atoms with van der Waals surface area (Å²) >= 11 is 11.8. The van der Waals surface area contributed by atoms with Crippen LogP contribution in [0.2, 0.25) is 10.0 Å². The van der Waals surface area contributed by atoms with Gasteiger partial charge < -0.3 is 10.6 Å². The summed E-state index contributed by atoms with van der Waals surface area (Å²) < 4.78 is 0. The van der Waals surface area contributed by atoms with Crippen molar-refractivity contribution >= 4 is 40.7 Å². The molecule has 0 radical (unpaired) electrons. The van der Waals surface area contributed by atoms with E-state index in [1.807, 2.05) is 0 Å². The first-order valence-corrected chi connectivity index (χ1v) is 6.84. The van der Waals surface area contributed by atoms with E-state index < -0.39 is 0 Å². The standard InChI is InChI=1S/C13H14Cl2N2O2/c14-8-1-6-11(15)12(7-8)17-13(19)16-9-2-4-10(18)5-3-9/h1,6-7,9H,2-5H2,(H2,16,17,19). The van der Waals surface area contributed by atoms with E-state index in [2.05, 4.69) is 10.6 Å². The average Bonchev–Trinajstić information content (AvgIpc) is 2.37. The summed E-state index contributed by atoms with van der Waals surface area (Å²) in [7, 11) is 0. The van der Waals surface area contributed by atoms with Gasteiger partial charge in [0.25, 0.3) is 0 Å². The lowest BCUT2D eigenvalue weighted by atomic mass is 9.94. The molecule has 1 aliphatic rings. The fraction of sp³-hybridized carbons (Fsp3) is 0.385. The molecule has 1 aliphatic carbocycles. The molecule has 2 rings (SSSR count). The van der Waals surface area contributed by atoms with Crippen LogP contribution in [-0.2, 0) is 4.79 Å². The number of anilines is 1. The third-order valence-electron chi connectivity index (χ3n) is 3.06. The SMILES string of the molecule is O=C1CCC(NC(=O)Nc2cc(Cl)ccc2Cl)CC1. The molecule has 0 aliphatic heterocycles. The van der Waals surface area contributed by atoms with Crippen LogP contribution in [0, 0.1) is 0 Å². The molecule has 1 aromatic rings. The maximum Gasteiger partial charge on any atom is 0.319 e. The molecule has 6 heteroatoms. The lowest BCUT2D eigenvalue weighted by Crippen LogP contribution is -2.40. The number of rotatable bonds is 2. The largest absolute Gasteiger partial charge is 0.335 e. The van der Waals surface area contributed by atoms with E-state index in [1.54, 1.807) is 18.2 Å². The predicted molar refractivity (Wildman–Crippen MR) is 75.9 cm³/mol. The summed E-state index contributed by atoms with van der Waals surface area (Å²) in [6, 6.07) is 4.57. The molecule has 102 valence electrons. The third kappa shape index (κ3) is 4.11. The zero-order chi connectivity index (χ0) is 13.8. The number of urea groups is 1. The van der Waals surface area contributed by atoms with E-state index in [-0.39, 0.29) is 17.9 Å². The quantitative estimate of drug-likeness (QED) is 0.876. The van der Waals surface area contributed by atoms with Crippen molar-refractivity contribution in [3.63, 3.8) is 0 Å². The van der Waals surface area contributed by atoms with Gasteiger partial charge >= 0.3 is 6.03 Å². The topological polar surface area (TPSA) is 58.2 Å². The molecule has 0 spiro atoms. The minimum atomic E-state index is -0.330. The normalized spacial score (nSPS) is 16.2. The number of halogens is 2. The molecule has 0 atom stereocenters. The Labute approximate surface area is 121 Å². The number of Topliss-reactive ketones (excluding diaryl/α,β-unsaturated/α-hetero) is 1.